The van der Waals surface area contributed by atoms with Gasteiger partial charge in [-0.15, -0.1) is 0 Å². The number of para-hydroxylation sites is 1. The van der Waals surface area contributed by atoms with E-state index in [0.29, 0.717) is 70.6 Å². The summed E-state index contributed by atoms with van der Waals surface area (Å²) < 4.78 is 65.2. The van der Waals surface area contributed by atoms with Crippen molar-refractivity contribution in [2.75, 3.05) is 18.0 Å². The third-order valence-electron chi connectivity index (χ3n) is 7.87. The third-order valence-corrected chi connectivity index (χ3v) is 7.87. The zero-order chi connectivity index (χ0) is 31.9. The number of furan rings is 1. The molecule has 0 spiro atoms. The summed E-state index contributed by atoms with van der Waals surface area (Å²) in [5.41, 5.74) is -0.138. The monoisotopic (exact) mass is 626 g/mol. The van der Waals surface area contributed by atoms with Crippen molar-refractivity contribution in [2.24, 2.45) is 0 Å². The highest BCUT2D eigenvalue weighted by Crippen LogP contribution is 2.34. The number of amides is 3. The number of hydrogen-bond donors (Lipinski definition) is 1. The van der Waals surface area contributed by atoms with Crippen LogP contribution in [0.4, 0.5) is 28.0 Å². The molecule has 0 radical (unpaired) electrons. The van der Waals surface area contributed by atoms with Crippen LogP contribution in [-0.4, -0.2) is 46.5 Å². The molecule has 0 aliphatic carbocycles. The van der Waals surface area contributed by atoms with Gasteiger partial charge in [0.25, 0.3) is 11.5 Å². The number of rotatable bonds is 6. The Morgan fingerprint density at radius 3 is 2.53 bits per heavy atom. The third kappa shape index (κ3) is 6.12. The number of ether oxygens (including phenoxy) is 1. The Labute approximate surface area is 252 Å². The largest absolute Gasteiger partial charge is 0.459 e. The maximum absolute atomic E-state index is 14.7. The average molecular weight is 627 g/mol. The van der Waals surface area contributed by atoms with Crippen LogP contribution >= 0.6 is 0 Å². The molecule has 14 heteroatoms. The molecule has 45 heavy (non-hydrogen) atoms. The molecule has 1 fully saturated rings. The van der Waals surface area contributed by atoms with E-state index in [1.54, 1.807) is 41.3 Å². The van der Waals surface area contributed by atoms with E-state index in [-0.39, 0.29) is 30.8 Å². The second-order valence-corrected chi connectivity index (χ2v) is 10.8. The van der Waals surface area contributed by atoms with Gasteiger partial charge in [-0.05, 0) is 49.2 Å². The van der Waals surface area contributed by atoms with Crippen molar-refractivity contribution in [2.45, 2.75) is 44.8 Å². The number of anilines is 1. The molecule has 234 valence electrons. The normalized spacial score (nSPS) is 15.6. The number of fused-ring (bicyclic) bond motifs is 2. The van der Waals surface area contributed by atoms with Gasteiger partial charge in [0.2, 0.25) is 5.91 Å². The van der Waals surface area contributed by atoms with Gasteiger partial charge in [-0.1, -0.05) is 12.1 Å². The molecule has 0 atom stereocenters. The SMILES string of the molecule is O=C(Cn1cc(C(F)(F)F)ccc1=O)NCc1cc2cc(C(=O)N3CCC(N4C(=O)OCc5cccc(F)c54)CC3)ccc2o1. The van der Waals surface area contributed by atoms with Crippen molar-refractivity contribution in [3.63, 3.8) is 0 Å². The highest BCUT2D eigenvalue weighted by Gasteiger charge is 2.37. The fourth-order valence-corrected chi connectivity index (χ4v) is 5.63. The standard InChI is InChI=1S/C31H26F4N4O6/c32-24-3-1-2-19-17-44-30(43)39(28(19)24)22-8-10-37(11-9-22)29(42)18-4-6-25-20(12-18)13-23(45-25)14-36-26(40)16-38-15-21(31(33,34)35)5-7-27(38)41/h1-7,12-13,15,22H,8-11,14,16-17H2,(H,36,40). The van der Waals surface area contributed by atoms with Crippen molar-refractivity contribution in [1.82, 2.24) is 14.8 Å². The Morgan fingerprint density at radius 1 is 1.00 bits per heavy atom. The Morgan fingerprint density at radius 2 is 1.78 bits per heavy atom. The van der Waals surface area contributed by atoms with E-state index >= 15 is 0 Å². The van der Waals surface area contributed by atoms with Crippen LogP contribution in [0.2, 0.25) is 0 Å². The number of halogens is 4. The molecule has 0 unspecified atom stereocenters. The van der Waals surface area contributed by atoms with Gasteiger partial charge in [-0.25, -0.2) is 9.18 Å². The second-order valence-electron chi connectivity index (χ2n) is 10.8. The topological polar surface area (TPSA) is 114 Å². The summed E-state index contributed by atoms with van der Waals surface area (Å²) in [6.45, 7) is -0.0235. The lowest BCUT2D eigenvalue weighted by Crippen LogP contribution is -2.50. The van der Waals surface area contributed by atoms with Crippen molar-refractivity contribution >= 4 is 34.6 Å². The predicted octanol–water partition coefficient (Wildman–Crippen LogP) is 4.83. The lowest BCUT2D eigenvalue weighted by molar-refractivity contribution is -0.138. The molecule has 3 amide bonds. The van der Waals surface area contributed by atoms with Crippen LogP contribution in [0.25, 0.3) is 11.0 Å². The van der Waals surface area contributed by atoms with E-state index in [4.69, 9.17) is 9.15 Å². The maximum atomic E-state index is 14.7. The Balaban J connectivity index is 1.07. The highest BCUT2D eigenvalue weighted by atomic mass is 19.4. The molecule has 1 saturated heterocycles. The number of carbonyl (C=O) groups excluding carboxylic acids is 3. The maximum Gasteiger partial charge on any atom is 0.417 e. The van der Waals surface area contributed by atoms with Gasteiger partial charge in [0.1, 0.15) is 30.3 Å². The van der Waals surface area contributed by atoms with Gasteiger partial charge >= 0.3 is 12.3 Å². The fraction of sp³-hybridized carbons (Fsp3) is 0.290. The van der Waals surface area contributed by atoms with Gasteiger partial charge in [-0.2, -0.15) is 13.2 Å². The zero-order valence-electron chi connectivity index (χ0n) is 23.6. The molecule has 10 nitrogen and oxygen atoms in total. The lowest BCUT2D eigenvalue weighted by Gasteiger charge is -2.40. The van der Waals surface area contributed by atoms with Crippen LogP contribution in [0.5, 0.6) is 0 Å². The molecule has 2 aliphatic heterocycles. The Hall–Kier alpha value is -5.14. The second kappa shape index (κ2) is 11.7. The first-order valence-electron chi connectivity index (χ1n) is 14.1. The van der Waals surface area contributed by atoms with Crippen LogP contribution in [0.3, 0.4) is 0 Å². The minimum absolute atomic E-state index is 0.00544. The summed E-state index contributed by atoms with van der Waals surface area (Å²) >= 11 is 0. The number of likely N-dealkylation sites (tertiary alicyclic amines) is 1. The van der Waals surface area contributed by atoms with Gasteiger partial charge < -0.3 is 23.9 Å². The number of nitrogens with zero attached hydrogens (tertiary/aromatic N) is 3. The average Bonchev–Trinajstić information content (AvgIpc) is 3.43. The van der Waals surface area contributed by atoms with Crippen LogP contribution < -0.4 is 15.8 Å². The summed E-state index contributed by atoms with van der Waals surface area (Å²) in [7, 11) is 0. The zero-order valence-corrected chi connectivity index (χ0v) is 23.6. The van der Waals surface area contributed by atoms with Crippen molar-refractivity contribution in [1.29, 1.82) is 0 Å². The molecule has 2 aliphatic rings. The fourth-order valence-electron chi connectivity index (χ4n) is 5.63. The molecular weight excluding hydrogens is 600 g/mol. The summed E-state index contributed by atoms with van der Waals surface area (Å²) in [5, 5.41) is 3.11. The molecular formula is C31H26F4N4O6. The molecule has 0 bridgehead atoms. The molecule has 4 heterocycles. The van der Waals surface area contributed by atoms with E-state index in [0.717, 1.165) is 6.07 Å². The van der Waals surface area contributed by atoms with Crippen molar-refractivity contribution < 1.29 is 41.1 Å². The van der Waals surface area contributed by atoms with E-state index < -0.39 is 41.7 Å². The van der Waals surface area contributed by atoms with E-state index in [1.165, 1.54) is 11.0 Å². The van der Waals surface area contributed by atoms with Crippen molar-refractivity contribution in [3.8, 4) is 0 Å². The van der Waals surface area contributed by atoms with Gasteiger partial charge in [0, 0.05) is 47.9 Å². The van der Waals surface area contributed by atoms with E-state index in [2.05, 4.69) is 5.32 Å². The predicted molar refractivity (Wildman–Crippen MR) is 152 cm³/mol. The smallest absolute Gasteiger partial charge is 0.417 e. The van der Waals surface area contributed by atoms with E-state index in [9.17, 15) is 36.7 Å². The van der Waals surface area contributed by atoms with Crippen LogP contribution in [0.15, 0.2) is 70.0 Å². The Kier molecular flexibility index (Phi) is 7.81. The molecule has 0 saturated carbocycles. The molecule has 2 aromatic carbocycles. The summed E-state index contributed by atoms with van der Waals surface area (Å²) in [6, 6.07) is 12.2. The molecule has 4 aromatic rings. The minimum atomic E-state index is -4.66. The van der Waals surface area contributed by atoms with Gasteiger partial charge in [-0.3, -0.25) is 19.3 Å². The van der Waals surface area contributed by atoms with Crippen LogP contribution in [-0.2, 0) is 35.4 Å². The van der Waals surface area contributed by atoms with Crippen molar-refractivity contribution in [3.05, 3.63) is 99.4 Å². The molecule has 6 rings (SSSR count). The Bertz CT molecular complexity index is 1860. The first-order valence-corrected chi connectivity index (χ1v) is 14.1. The summed E-state index contributed by atoms with van der Waals surface area (Å²) in [5.74, 6) is -1.09. The van der Waals surface area contributed by atoms with Gasteiger partial charge in [0.15, 0.2) is 0 Å². The first-order chi connectivity index (χ1) is 21.5. The number of nitrogens with one attached hydrogen (secondary N) is 1. The number of benzene rings is 2. The highest BCUT2D eigenvalue weighted by molar-refractivity contribution is 5.98. The number of pyridine rings is 1. The van der Waals surface area contributed by atoms with Crippen LogP contribution in [0.1, 0.15) is 40.1 Å². The number of carbonyl (C=O) groups is 3. The minimum Gasteiger partial charge on any atom is -0.459 e. The summed E-state index contributed by atoms with van der Waals surface area (Å²) in [6.07, 6.45) is -3.82. The number of hydrogen-bond acceptors (Lipinski definition) is 6. The number of alkyl halides is 3. The molecule has 2 aromatic heterocycles. The lowest BCUT2D eigenvalue weighted by atomic mass is 9.99. The number of aromatic nitrogens is 1. The molecule has 1 N–H and O–H groups in total. The first kappa shape index (κ1) is 29.9. The van der Waals surface area contributed by atoms with E-state index in [1.807, 2.05) is 0 Å². The quantitative estimate of drug-likeness (QED) is 0.307. The summed E-state index contributed by atoms with van der Waals surface area (Å²) in [4.78, 5) is 53.2. The number of cyclic esters (lactones) is 1. The van der Waals surface area contributed by atoms with Gasteiger partial charge in [0.05, 0.1) is 17.8 Å². The van der Waals surface area contributed by atoms with Crippen LogP contribution in [0, 0.1) is 5.82 Å². The number of piperidine rings is 1.